The van der Waals surface area contributed by atoms with Crippen molar-refractivity contribution >= 4 is 0 Å². The first kappa shape index (κ1) is 21.2. The molecular formula is C23H46N2. The van der Waals surface area contributed by atoms with Gasteiger partial charge in [0, 0.05) is 12.1 Å². The van der Waals surface area contributed by atoms with Crippen molar-refractivity contribution in [3.05, 3.63) is 0 Å². The molecule has 2 nitrogen and oxygen atoms in total. The van der Waals surface area contributed by atoms with E-state index in [4.69, 9.17) is 0 Å². The highest BCUT2D eigenvalue weighted by Crippen LogP contribution is 2.34. The predicted octanol–water partition coefficient (Wildman–Crippen LogP) is 5.48. The van der Waals surface area contributed by atoms with E-state index in [1.807, 2.05) is 0 Å². The molecule has 0 saturated heterocycles. The summed E-state index contributed by atoms with van der Waals surface area (Å²) >= 11 is 0. The third-order valence-electron chi connectivity index (χ3n) is 7.52. The first-order valence-electron chi connectivity index (χ1n) is 11.3. The summed E-state index contributed by atoms with van der Waals surface area (Å²) < 4.78 is 0. The average molecular weight is 351 g/mol. The molecule has 0 radical (unpaired) electrons. The molecule has 2 fully saturated rings. The zero-order valence-corrected chi connectivity index (χ0v) is 18.0. The predicted molar refractivity (Wildman–Crippen MR) is 111 cm³/mol. The van der Waals surface area contributed by atoms with Gasteiger partial charge in [-0.25, -0.2) is 0 Å². The van der Waals surface area contributed by atoms with Gasteiger partial charge in [-0.15, -0.1) is 0 Å². The Hall–Kier alpha value is -0.0800. The van der Waals surface area contributed by atoms with Gasteiger partial charge in [0.15, 0.2) is 0 Å². The molecule has 0 amide bonds. The van der Waals surface area contributed by atoms with Crippen LogP contribution in [0.1, 0.15) is 86.5 Å². The monoisotopic (exact) mass is 350 g/mol. The molecule has 6 atom stereocenters. The van der Waals surface area contributed by atoms with Crippen LogP contribution in [0.2, 0.25) is 0 Å². The third kappa shape index (κ3) is 6.54. The number of hydrogen-bond acceptors (Lipinski definition) is 2. The van der Waals surface area contributed by atoms with Crippen LogP contribution < -0.4 is 10.6 Å². The van der Waals surface area contributed by atoms with Crippen LogP contribution in [-0.4, -0.2) is 25.2 Å². The SMILES string of the molecule is CC(C)C1CCC(C)C(NCCCNC2CC(C(C)C)CCC2C)C1. The molecule has 148 valence electrons. The average Bonchev–Trinajstić information content (AvgIpc) is 2.57. The Labute approximate surface area is 158 Å². The van der Waals surface area contributed by atoms with Crippen molar-refractivity contribution in [3.8, 4) is 0 Å². The molecule has 25 heavy (non-hydrogen) atoms. The molecule has 2 aliphatic carbocycles. The summed E-state index contributed by atoms with van der Waals surface area (Å²) in [5.41, 5.74) is 0. The second kappa shape index (κ2) is 10.3. The van der Waals surface area contributed by atoms with Crippen LogP contribution in [0, 0.1) is 35.5 Å². The van der Waals surface area contributed by atoms with Crippen LogP contribution in [0.4, 0.5) is 0 Å². The van der Waals surface area contributed by atoms with Gasteiger partial charge in [0.25, 0.3) is 0 Å². The molecule has 6 unspecified atom stereocenters. The molecule has 2 rings (SSSR count). The molecule has 2 saturated carbocycles. The lowest BCUT2D eigenvalue weighted by atomic mass is 9.74. The van der Waals surface area contributed by atoms with Crippen molar-refractivity contribution in [3.63, 3.8) is 0 Å². The lowest BCUT2D eigenvalue weighted by molar-refractivity contribution is 0.174. The summed E-state index contributed by atoms with van der Waals surface area (Å²) in [6, 6.07) is 1.50. The van der Waals surface area contributed by atoms with E-state index >= 15 is 0 Å². The molecular weight excluding hydrogens is 304 g/mol. The Morgan fingerprint density at radius 2 is 1.08 bits per heavy atom. The Kier molecular flexibility index (Phi) is 8.75. The van der Waals surface area contributed by atoms with E-state index in [0.717, 1.165) is 47.6 Å². The van der Waals surface area contributed by atoms with Gasteiger partial charge in [0.05, 0.1) is 0 Å². The number of hydrogen-bond donors (Lipinski definition) is 2. The van der Waals surface area contributed by atoms with E-state index in [2.05, 4.69) is 52.2 Å². The number of rotatable bonds is 8. The van der Waals surface area contributed by atoms with Gasteiger partial charge in [0.1, 0.15) is 0 Å². The molecule has 0 aromatic heterocycles. The molecule has 2 N–H and O–H groups in total. The summed E-state index contributed by atoms with van der Waals surface area (Å²) in [4.78, 5) is 0. The normalized spacial score (nSPS) is 37.0. The van der Waals surface area contributed by atoms with Gasteiger partial charge in [-0.3, -0.25) is 0 Å². The van der Waals surface area contributed by atoms with E-state index in [1.165, 1.54) is 58.0 Å². The third-order valence-corrected chi connectivity index (χ3v) is 7.52. The second-order valence-corrected chi connectivity index (χ2v) is 10.1. The quantitative estimate of drug-likeness (QED) is 0.567. The van der Waals surface area contributed by atoms with Gasteiger partial charge in [-0.05, 0) is 93.5 Å². The highest BCUT2D eigenvalue weighted by Gasteiger charge is 2.30. The molecule has 0 spiro atoms. The van der Waals surface area contributed by atoms with Crippen molar-refractivity contribution in [1.29, 1.82) is 0 Å². The van der Waals surface area contributed by atoms with E-state index in [1.54, 1.807) is 0 Å². The summed E-state index contributed by atoms with van der Waals surface area (Å²) in [5.74, 6) is 5.27. The fourth-order valence-electron chi connectivity index (χ4n) is 5.15. The Morgan fingerprint density at radius 3 is 1.44 bits per heavy atom. The minimum atomic E-state index is 0.750. The molecule has 0 heterocycles. The summed E-state index contributed by atoms with van der Waals surface area (Å²) in [7, 11) is 0. The van der Waals surface area contributed by atoms with E-state index < -0.39 is 0 Å². The van der Waals surface area contributed by atoms with Crippen molar-refractivity contribution in [2.24, 2.45) is 35.5 Å². The van der Waals surface area contributed by atoms with Crippen molar-refractivity contribution in [2.45, 2.75) is 98.6 Å². The highest BCUT2D eigenvalue weighted by molar-refractivity contribution is 4.85. The fraction of sp³-hybridized carbons (Fsp3) is 1.00. The fourth-order valence-corrected chi connectivity index (χ4v) is 5.15. The van der Waals surface area contributed by atoms with Gasteiger partial charge < -0.3 is 10.6 Å². The van der Waals surface area contributed by atoms with Crippen molar-refractivity contribution in [2.75, 3.05) is 13.1 Å². The summed E-state index contributed by atoms with van der Waals surface area (Å²) in [6.45, 7) is 16.9. The molecule has 0 aliphatic heterocycles. The van der Waals surface area contributed by atoms with Crippen molar-refractivity contribution < 1.29 is 0 Å². The van der Waals surface area contributed by atoms with Gasteiger partial charge in [0.2, 0.25) is 0 Å². The zero-order chi connectivity index (χ0) is 18.4. The first-order chi connectivity index (χ1) is 11.9. The molecule has 2 heteroatoms. The second-order valence-electron chi connectivity index (χ2n) is 10.1. The Balaban J connectivity index is 1.63. The lowest BCUT2D eigenvalue weighted by Crippen LogP contribution is -2.44. The highest BCUT2D eigenvalue weighted by atomic mass is 14.9. The lowest BCUT2D eigenvalue weighted by Gasteiger charge is -2.37. The zero-order valence-electron chi connectivity index (χ0n) is 18.0. The summed E-state index contributed by atoms with van der Waals surface area (Å²) in [5, 5.41) is 7.78. The summed E-state index contributed by atoms with van der Waals surface area (Å²) in [6.07, 6.45) is 9.75. The van der Waals surface area contributed by atoms with Crippen LogP contribution in [0.15, 0.2) is 0 Å². The Bertz CT molecular complexity index is 331. The van der Waals surface area contributed by atoms with E-state index in [9.17, 15) is 0 Å². The van der Waals surface area contributed by atoms with Gasteiger partial charge in [-0.1, -0.05) is 41.5 Å². The van der Waals surface area contributed by atoms with Crippen molar-refractivity contribution in [1.82, 2.24) is 10.6 Å². The topological polar surface area (TPSA) is 24.1 Å². The standard InChI is InChI=1S/C23H46N2/c1-16(2)20-10-8-18(5)22(14-20)24-12-7-13-25-23-15-21(17(3)4)11-9-19(23)6/h16-25H,7-15H2,1-6H3. The minimum absolute atomic E-state index is 0.750. The van der Waals surface area contributed by atoms with Crippen LogP contribution >= 0.6 is 0 Å². The molecule has 0 aromatic rings. The van der Waals surface area contributed by atoms with Crippen LogP contribution in [-0.2, 0) is 0 Å². The van der Waals surface area contributed by atoms with Gasteiger partial charge in [-0.2, -0.15) is 0 Å². The minimum Gasteiger partial charge on any atom is -0.314 e. The number of nitrogens with one attached hydrogen (secondary N) is 2. The van der Waals surface area contributed by atoms with Crippen LogP contribution in [0.25, 0.3) is 0 Å². The van der Waals surface area contributed by atoms with Crippen LogP contribution in [0.3, 0.4) is 0 Å². The maximum absolute atomic E-state index is 3.89. The van der Waals surface area contributed by atoms with E-state index in [-0.39, 0.29) is 0 Å². The maximum atomic E-state index is 3.89. The molecule has 0 aromatic carbocycles. The molecule has 0 bridgehead atoms. The smallest absolute Gasteiger partial charge is 0.00954 e. The Morgan fingerprint density at radius 1 is 0.680 bits per heavy atom. The van der Waals surface area contributed by atoms with Gasteiger partial charge >= 0.3 is 0 Å². The van der Waals surface area contributed by atoms with E-state index in [0.29, 0.717) is 0 Å². The molecule has 2 aliphatic rings. The first-order valence-corrected chi connectivity index (χ1v) is 11.3. The maximum Gasteiger partial charge on any atom is 0.00954 e. The van der Waals surface area contributed by atoms with Crippen LogP contribution in [0.5, 0.6) is 0 Å². The largest absolute Gasteiger partial charge is 0.314 e.